The lowest BCUT2D eigenvalue weighted by atomic mass is 10.2. The molecule has 2 aromatic heterocycles. The molecule has 8 heteroatoms. The van der Waals surface area contributed by atoms with Gasteiger partial charge in [-0.3, -0.25) is 9.97 Å². The van der Waals surface area contributed by atoms with Crippen LogP contribution in [0.2, 0.25) is 0 Å². The number of urea groups is 1. The third-order valence-electron chi connectivity index (χ3n) is 4.00. The quantitative estimate of drug-likeness (QED) is 0.692. The van der Waals surface area contributed by atoms with Crippen LogP contribution >= 0.6 is 0 Å². The first-order chi connectivity index (χ1) is 13.4. The summed E-state index contributed by atoms with van der Waals surface area (Å²) in [5.74, 6) is 0. The Morgan fingerprint density at radius 3 is 1.89 bits per heavy atom. The number of nitrogens with zero attached hydrogens (tertiary/aromatic N) is 3. The summed E-state index contributed by atoms with van der Waals surface area (Å²) in [5, 5.41) is 0. The van der Waals surface area contributed by atoms with Crippen molar-refractivity contribution in [3.05, 3.63) is 90.0 Å². The minimum Gasteiger partial charge on any atom is -0.312 e. The predicted molar refractivity (Wildman–Crippen MR) is 105 cm³/mol. The molecule has 0 aliphatic heterocycles. The normalized spacial score (nSPS) is 11.0. The summed E-state index contributed by atoms with van der Waals surface area (Å²) in [6, 6.07) is 16.3. The average molecular weight is 396 g/mol. The topological polar surface area (TPSA) is 92.3 Å². The van der Waals surface area contributed by atoms with E-state index in [1.807, 2.05) is 19.1 Å². The zero-order valence-corrected chi connectivity index (χ0v) is 16.1. The van der Waals surface area contributed by atoms with E-state index in [1.54, 1.807) is 48.8 Å². The number of rotatable bonds is 6. The van der Waals surface area contributed by atoms with Crippen LogP contribution in [0.3, 0.4) is 0 Å². The standard InChI is InChI=1S/C20H20N4O3S/c1-16-8-10-19(11-9-16)28(26,27)23-20(25)24(14-17-6-2-4-12-21-17)15-18-7-3-5-13-22-18/h2-13H,14-15H2,1H3,(H,23,25). The molecule has 0 aliphatic carbocycles. The SMILES string of the molecule is Cc1ccc(S(=O)(=O)NC(=O)N(Cc2ccccn2)Cc2ccccn2)cc1. The second kappa shape index (κ2) is 8.62. The largest absolute Gasteiger partial charge is 0.332 e. The Morgan fingerprint density at radius 2 is 1.43 bits per heavy atom. The predicted octanol–water partition coefficient (Wildman–Crippen LogP) is 2.89. The fourth-order valence-electron chi connectivity index (χ4n) is 2.53. The summed E-state index contributed by atoms with van der Waals surface area (Å²) >= 11 is 0. The zero-order valence-electron chi connectivity index (χ0n) is 15.3. The number of aryl methyl sites for hydroxylation is 1. The Kier molecular flexibility index (Phi) is 6.00. The molecule has 0 bridgehead atoms. The molecule has 1 aromatic carbocycles. The van der Waals surface area contributed by atoms with Crippen molar-refractivity contribution in [1.82, 2.24) is 19.6 Å². The van der Waals surface area contributed by atoms with Crippen molar-refractivity contribution in [1.29, 1.82) is 0 Å². The minimum absolute atomic E-state index is 0.0297. The number of pyridine rings is 2. The van der Waals surface area contributed by atoms with E-state index in [9.17, 15) is 13.2 Å². The van der Waals surface area contributed by atoms with Crippen LogP contribution in [0, 0.1) is 6.92 Å². The van der Waals surface area contributed by atoms with Crippen LogP contribution in [0.4, 0.5) is 4.79 Å². The summed E-state index contributed by atoms with van der Waals surface area (Å²) < 4.78 is 27.3. The highest BCUT2D eigenvalue weighted by molar-refractivity contribution is 7.90. The number of hydrogen-bond acceptors (Lipinski definition) is 5. The van der Waals surface area contributed by atoms with E-state index in [0.717, 1.165) is 5.56 Å². The van der Waals surface area contributed by atoms with Gasteiger partial charge in [0.05, 0.1) is 29.4 Å². The van der Waals surface area contributed by atoms with Crippen LogP contribution in [0.1, 0.15) is 17.0 Å². The van der Waals surface area contributed by atoms with Crippen molar-refractivity contribution in [3.63, 3.8) is 0 Å². The summed E-state index contributed by atoms with van der Waals surface area (Å²) in [6.07, 6.45) is 3.24. The first kappa shape index (κ1) is 19.5. The van der Waals surface area contributed by atoms with Crippen LogP contribution in [-0.4, -0.2) is 29.3 Å². The van der Waals surface area contributed by atoms with Gasteiger partial charge in [-0.15, -0.1) is 0 Å². The molecule has 1 N–H and O–H groups in total. The summed E-state index contributed by atoms with van der Waals surface area (Å²) in [6.45, 7) is 2.15. The van der Waals surface area contributed by atoms with Crippen LogP contribution in [0.5, 0.6) is 0 Å². The average Bonchev–Trinajstić information content (AvgIpc) is 2.69. The van der Waals surface area contributed by atoms with Gasteiger partial charge in [0.25, 0.3) is 10.0 Å². The molecule has 2 amide bonds. The van der Waals surface area contributed by atoms with Gasteiger partial charge >= 0.3 is 6.03 Å². The molecule has 7 nitrogen and oxygen atoms in total. The van der Waals surface area contributed by atoms with Crippen molar-refractivity contribution in [2.75, 3.05) is 0 Å². The molecule has 0 atom stereocenters. The second-order valence-electron chi connectivity index (χ2n) is 6.22. The summed E-state index contributed by atoms with van der Waals surface area (Å²) in [5.41, 5.74) is 2.21. The van der Waals surface area contributed by atoms with Crippen molar-refractivity contribution < 1.29 is 13.2 Å². The van der Waals surface area contributed by atoms with E-state index >= 15 is 0 Å². The Balaban J connectivity index is 1.81. The first-order valence-corrected chi connectivity index (χ1v) is 10.1. The Morgan fingerprint density at radius 1 is 0.893 bits per heavy atom. The summed E-state index contributed by atoms with van der Waals surface area (Å²) in [7, 11) is -3.99. The van der Waals surface area contributed by atoms with Crippen LogP contribution in [0.15, 0.2) is 78.0 Å². The van der Waals surface area contributed by atoms with Gasteiger partial charge in [-0.25, -0.2) is 17.9 Å². The number of nitrogens with one attached hydrogen (secondary N) is 1. The number of amides is 2. The van der Waals surface area contributed by atoms with Crippen molar-refractivity contribution >= 4 is 16.1 Å². The third kappa shape index (κ3) is 5.14. The van der Waals surface area contributed by atoms with Gasteiger partial charge in [-0.1, -0.05) is 29.8 Å². The molecule has 3 aromatic rings. The lowest BCUT2D eigenvalue weighted by Crippen LogP contribution is -2.42. The molecule has 0 aliphatic rings. The highest BCUT2D eigenvalue weighted by atomic mass is 32.2. The van der Waals surface area contributed by atoms with Crippen molar-refractivity contribution in [3.8, 4) is 0 Å². The van der Waals surface area contributed by atoms with Crippen molar-refractivity contribution in [2.45, 2.75) is 24.9 Å². The van der Waals surface area contributed by atoms with E-state index < -0.39 is 16.1 Å². The smallest absolute Gasteiger partial charge is 0.312 e. The van der Waals surface area contributed by atoms with Gasteiger partial charge < -0.3 is 4.90 Å². The van der Waals surface area contributed by atoms with E-state index in [0.29, 0.717) is 11.4 Å². The van der Waals surface area contributed by atoms with Crippen LogP contribution in [0.25, 0.3) is 0 Å². The van der Waals surface area contributed by atoms with Crippen LogP contribution in [-0.2, 0) is 23.1 Å². The maximum Gasteiger partial charge on any atom is 0.332 e. The molecule has 0 saturated heterocycles. The molecule has 0 unspecified atom stereocenters. The number of carbonyl (C=O) groups excluding carboxylic acids is 1. The maximum atomic E-state index is 12.8. The second-order valence-corrected chi connectivity index (χ2v) is 7.90. The van der Waals surface area contributed by atoms with Gasteiger partial charge in [0, 0.05) is 12.4 Å². The van der Waals surface area contributed by atoms with Crippen LogP contribution < -0.4 is 4.72 Å². The van der Waals surface area contributed by atoms with Gasteiger partial charge in [-0.05, 0) is 43.3 Å². The molecule has 0 radical (unpaired) electrons. The molecule has 144 valence electrons. The number of benzene rings is 1. The molecular weight excluding hydrogens is 376 g/mol. The minimum atomic E-state index is -3.99. The Bertz CT molecular complexity index is 983. The molecular formula is C20H20N4O3S. The van der Waals surface area contributed by atoms with Crippen molar-refractivity contribution in [2.24, 2.45) is 0 Å². The molecule has 28 heavy (non-hydrogen) atoms. The molecule has 0 saturated carbocycles. The number of aromatic nitrogens is 2. The lowest BCUT2D eigenvalue weighted by Gasteiger charge is -2.22. The van der Waals surface area contributed by atoms with Gasteiger partial charge in [0.2, 0.25) is 0 Å². The third-order valence-corrected chi connectivity index (χ3v) is 5.33. The summed E-state index contributed by atoms with van der Waals surface area (Å²) in [4.78, 5) is 22.6. The molecule has 0 fully saturated rings. The maximum absolute atomic E-state index is 12.8. The molecule has 0 spiro atoms. The highest BCUT2D eigenvalue weighted by Crippen LogP contribution is 2.12. The van der Waals surface area contributed by atoms with E-state index in [1.165, 1.54) is 17.0 Å². The van der Waals surface area contributed by atoms with Gasteiger partial charge in [-0.2, -0.15) is 0 Å². The lowest BCUT2D eigenvalue weighted by molar-refractivity contribution is 0.197. The number of hydrogen-bond donors (Lipinski definition) is 1. The first-order valence-electron chi connectivity index (χ1n) is 8.62. The fourth-order valence-corrected chi connectivity index (χ4v) is 3.50. The molecule has 3 rings (SSSR count). The van der Waals surface area contributed by atoms with Gasteiger partial charge in [0.1, 0.15) is 0 Å². The van der Waals surface area contributed by atoms with Gasteiger partial charge in [0.15, 0.2) is 0 Å². The monoisotopic (exact) mass is 396 g/mol. The Labute approximate surface area is 164 Å². The van der Waals surface area contributed by atoms with E-state index in [-0.39, 0.29) is 18.0 Å². The van der Waals surface area contributed by atoms with E-state index in [2.05, 4.69) is 14.7 Å². The number of carbonyl (C=O) groups is 1. The Hall–Kier alpha value is -3.26. The molecule has 2 heterocycles. The van der Waals surface area contributed by atoms with E-state index in [4.69, 9.17) is 0 Å². The highest BCUT2D eigenvalue weighted by Gasteiger charge is 2.23. The number of sulfonamides is 1. The zero-order chi connectivity index (χ0) is 20.0. The fraction of sp³-hybridized carbons (Fsp3) is 0.150.